The Morgan fingerprint density at radius 2 is 2.05 bits per heavy atom. The van der Waals surface area contributed by atoms with Gasteiger partial charge in [-0.2, -0.15) is 23.3 Å². The lowest BCUT2D eigenvalue weighted by atomic mass is 10.3. The molecule has 0 fully saturated rings. The molecular formula is C11H13F3N6. The second-order valence-corrected chi connectivity index (χ2v) is 3.94. The van der Waals surface area contributed by atoms with Gasteiger partial charge in [-0.3, -0.25) is 5.10 Å². The van der Waals surface area contributed by atoms with Crippen LogP contribution in [0.4, 0.5) is 30.6 Å². The number of hydrogen-bond acceptors (Lipinski definition) is 5. The summed E-state index contributed by atoms with van der Waals surface area (Å²) in [6, 6.07) is 0. The fraction of sp³-hybridized carbons (Fsp3) is 0.364. The summed E-state index contributed by atoms with van der Waals surface area (Å²) in [6.07, 6.45) is -1.53. The van der Waals surface area contributed by atoms with Gasteiger partial charge in [0.25, 0.3) is 0 Å². The van der Waals surface area contributed by atoms with Gasteiger partial charge in [-0.05, 0) is 6.42 Å². The average Bonchev–Trinajstić information content (AvgIpc) is 2.84. The highest BCUT2D eigenvalue weighted by molar-refractivity contribution is 5.57. The van der Waals surface area contributed by atoms with Crippen molar-refractivity contribution in [3.63, 3.8) is 0 Å². The van der Waals surface area contributed by atoms with Gasteiger partial charge in [-0.25, -0.2) is 4.98 Å². The van der Waals surface area contributed by atoms with Crippen LogP contribution in [0.1, 0.15) is 18.2 Å². The Hall–Kier alpha value is -2.32. The van der Waals surface area contributed by atoms with Crippen molar-refractivity contribution in [1.82, 2.24) is 20.2 Å². The third-order valence-electron chi connectivity index (χ3n) is 2.65. The third kappa shape index (κ3) is 2.81. The number of H-pyrrole nitrogens is 1. The van der Waals surface area contributed by atoms with Gasteiger partial charge < -0.3 is 10.6 Å². The Morgan fingerprint density at radius 1 is 1.30 bits per heavy atom. The number of hydrogen-bond donors (Lipinski definition) is 3. The van der Waals surface area contributed by atoms with Gasteiger partial charge in [-0.1, -0.05) is 6.92 Å². The number of aromatic amines is 1. The first-order chi connectivity index (χ1) is 9.45. The molecule has 0 radical (unpaired) electrons. The van der Waals surface area contributed by atoms with Crippen molar-refractivity contribution in [1.29, 1.82) is 0 Å². The Bertz CT molecular complexity index is 592. The first kappa shape index (κ1) is 14.1. The highest BCUT2D eigenvalue weighted by Crippen LogP contribution is 2.33. The van der Waals surface area contributed by atoms with Crippen LogP contribution in [0, 0.1) is 0 Å². The summed E-state index contributed by atoms with van der Waals surface area (Å²) in [7, 11) is 1.37. The van der Waals surface area contributed by atoms with E-state index in [1.165, 1.54) is 13.2 Å². The van der Waals surface area contributed by atoms with Crippen molar-refractivity contribution >= 4 is 17.5 Å². The molecule has 6 nitrogen and oxygen atoms in total. The summed E-state index contributed by atoms with van der Waals surface area (Å²) in [5.41, 5.74) is 0.544. The second-order valence-electron chi connectivity index (χ2n) is 3.94. The van der Waals surface area contributed by atoms with Gasteiger partial charge in [0, 0.05) is 13.2 Å². The highest BCUT2D eigenvalue weighted by atomic mass is 19.4. The van der Waals surface area contributed by atoms with E-state index in [1.54, 1.807) is 0 Å². The van der Waals surface area contributed by atoms with Crippen LogP contribution < -0.4 is 10.6 Å². The highest BCUT2D eigenvalue weighted by Gasteiger charge is 2.35. The molecule has 0 aliphatic heterocycles. The van der Waals surface area contributed by atoms with E-state index in [1.807, 2.05) is 6.92 Å². The van der Waals surface area contributed by atoms with Crippen molar-refractivity contribution in [2.75, 3.05) is 17.7 Å². The quantitative estimate of drug-likeness (QED) is 0.805. The number of anilines is 3. The van der Waals surface area contributed by atoms with Gasteiger partial charge in [-0.15, -0.1) is 0 Å². The van der Waals surface area contributed by atoms with Crippen molar-refractivity contribution in [2.24, 2.45) is 0 Å². The molecule has 0 unspecified atom stereocenters. The molecule has 3 N–H and O–H groups in total. The molecule has 9 heteroatoms. The predicted molar refractivity (Wildman–Crippen MR) is 67.8 cm³/mol. The van der Waals surface area contributed by atoms with E-state index in [2.05, 4.69) is 30.8 Å². The molecule has 2 heterocycles. The molecule has 0 aliphatic carbocycles. The monoisotopic (exact) mass is 286 g/mol. The number of alkyl halides is 3. The molecule has 0 aromatic carbocycles. The van der Waals surface area contributed by atoms with Gasteiger partial charge in [0.2, 0.25) is 5.95 Å². The zero-order chi connectivity index (χ0) is 14.8. The molecule has 0 amide bonds. The van der Waals surface area contributed by atoms with Gasteiger partial charge in [0.05, 0.1) is 17.6 Å². The Morgan fingerprint density at radius 3 is 2.65 bits per heavy atom. The maximum atomic E-state index is 12.7. The van der Waals surface area contributed by atoms with Gasteiger partial charge in [0.15, 0.2) is 0 Å². The lowest BCUT2D eigenvalue weighted by Crippen LogP contribution is -2.12. The smallest absolute Gasteiger partial charge is 0.372 e. The Balaban J connectivity index is 2.31. The largest absolute Gasteiger partial charge is 0.421 e. The van der Waals surface area contributed by atoms with Crippen LogP contribution in [0.25, 0.3) is 0 Å². The molecular weight excluding hydrogens is 273 g/mol. The molecule has 2 rings (SSSR count). The van der Waals surface area contributed by atoms with Gasteiger partial charge >= 0.3 is 6.18 Å². The fourth-order valence-electron chi connectivity index (χ4n) is 1.65. The maximum Gasteiger partial charge on any atom is 0.421 e. The summed E-state index contributed by atoms with van der Waals surface area (Å²) in [4.78, 5) is 7.49. The lowest BCUT2D eigenvalue weighted by Gasteiger charge is -2.12. The summed E-state index contributed by atoms with van der Waals surface area (Å²) in [5.74, 6) is -0.213. The van der Waals surface area contributed by atoms with E-state index >= 15 is 0 Å². The SMILES string of the molecule is CCc1[nH]ncc1Nc1ncc(C(F)(F)F)c(NC)n1. The molecule has 0 aliphatic rings. The van der Waals surface area contributed by atoms with E-state index < -0.39 is 11.7 Å². The van der Waals surface area contributed by atoms with Crippen molar-refractivity contribution in [2.45, 2.75) is 19.5 Å². The predicted octanol–water partition coefficient (Wildman–Crippen LogP) is 2.57. The number of halogens is 3. The average molecular weight is 286 g/mol. The molecule has 0 bridgehead atoms. The molecule has 0 spiro atoms. The van der Waals surface area contributed by atoms with Crippen LogP contribution in [-0.2, 0) is 12.6 Å². The minimum Gasteiger partial charge on any atom is -0.372 e. The zero-order valence-corrected chi connectivity index (χ0v) is 10.8. The molecule has 20 heavy (non-hydrogen) atoms. The second kappa shape index (κ2) is 5.35. The van der Waals surface area contributed by atoms with Crippen LogP contribution in [0.5, 0.6) is 0 Å². The van der Waals surface area contributed by atoms with E-state index in [0.29, 0.717) is 12.1 Å². The molecule has 2 aromatic heterocycles. The van der Waals surface area contributed by atoms with E-state index in [-0.39, 0.29) is 11.8 Å². The van der Waals surface area contributed by atoms with Crippen LogP contribution in [0.3, 0.4) is 0 Å². The van der Waals surface area contributed by atoms with Crippen LogP contribution in [-0.4, -0.2) is 27.2 Å². The summed E-state index contributed by atoms with van der Waals surface area (Å²) >= 11 is 0. The lowest BCUT2D eigenvalue weighted by molar-refractivity contribution is -0.137. The van der Waals surface area contributed by atoms with Crippen LogP contribution in [0.15, 0.2) is 12.4 Å². The van der Waals surface area contributed by atoms with E-state index in [4.69, 9.17) is 0 Å². The number of nitrogens with one attached hydrogen (secondary N) is 3. The molecule has 108 valence electrons. The van der Waals surface area contributed by atoms with E-state index in [9.17, 15) is 13.2 Å². The van der Waals surface area contributed by atoms with Gasteiger partial charge in [0.1, 0.15) is 11.4 Å². The number of nitrogens with zero attached hydrogens (tertiary/aromatic N) is 3. The third-order valence-corrected chi connectivity index (χ3v) is 2.65. The van der Waals surface area contributed by atoms with E-state index in [0.717, 1.165) is 11.9 Å². The number of aryl methyl sites for hydroxylation is 1. The standard InChI is InChI=1S/C11H13F3N6/c1-3-7-8(5-17-20-7)18-10-16-4-6(11(12,13)14)9(15-2)19-10/h4-5H,3H2,1-2H3,(H,17,20)(H2,15,16,18,19). The van der Waals surface area contributed by atoms with Crippen molar-refractivity contribution < 1.29 is 13.2 Å². The molecule has 0 atom stereocenters. The topological polar surface area (TPSA) is 78.5 Å². The minimum absolute atomic E-state index is 0.0680. The summed E-state index contributed by atoms with van der Waals surface area (Å²) < 4.78 is 38.1. The minimum atomic E-state index is -4.50. The van der Waals surface area contributed by atoms with Crippen LogP contribution in [0.2, 0.25) is 0 Å². The normalized spacial score (nSPS) is 11.4. The summed E-state index contributed by atoms with van der Waals surface area (Å²) in [6.45, 7) is 1.92. The fourth-order valence-corrected chi connectivity index (χ4v) is 1.65. The Labute approximate surface area is 112 Å². The van der Waals surface area contributed by atoms with Crippen molar-refractivity contribution in [3.8, 4) is 0 Å². The summed E-state index contributed by atoms with van der Waals surface area (Å²) in [5, 5.41) is 11.9. The maximum absolute atomic E-state index is 12.7. The van der Waals surface area contributed by atoms with Crippen molar-refractivity contribution in [3.05, 3.63) is 23.7 Å². The molecule has 0 saturated heterocycles. The number of aromatic nitrogens is 4. The molecule has 2 aromatic rings. The Kier molecular flexibility index (Phi) is 3.77. The van der Waals surface area contributed by atoms with Crippen LogP contribution >= 0.6 is 0 Å². The first-order valence-corrected chi connectivity index (χ1v) is 5.87. The first-order valence-electron chi connectivity index (χ1n) is 5.87. The zero-order valence-electron chi connectivity index (χ0n) is 10.8. The number of rotatable bonds is 4. The molecule has 0 saturated carbocycles.